The predicted octanol–water partition coefficient (Wildman–Crippen LogP) is 1.77. The molecule has 20 heavy (non-hydrogen) atoms. The lowest BCUT2D eigenvalue weighted by Gasteiger charge is -2.12. The second-order valence-electron chi connectivity index (χ2n) is 5.19. The smallest absolute Gasteiger partial charge is 0.267 e. The maximum atomic E-state index is 12.4. The Morgan fingerprint density at radius 1 is 1.25 bits per heavy atom. The van der Waals surface area contributed by atoms with Crippen molar-refractivity contribution in [1.82, 2.24) is 5.32 Å². The van der Waals surface area contributed by atoms with Gasteiger partial charge in [0.1, 0.15) is 5.76 Å². The quantitative estimate of drug-likeness (QED) is 0.887. The van der Waals surface area contributed by atoms with E-state index in [2.05, 4.69) is 5.32 Å². The number of aliphatic hydroxyl groups excluding tert-OH is 1. The second-order valence-corrected chi connectivity index (χ2v) is 7.07. The lowest BCUT2D eigenvalue weighted by atomic mass is 10.0. The fourth-order valence-electron chi connectivity index (χ4n) is 2.19. The van der Waals surface area contributed by atoms with Crippen LogP contribution in [0.4, 0.5) is 0 Å². The van der Waals surface area contributed by atoms with Crippen LogP contribution in [0.25, 0.3) is 0 Å². The third kappa shape index (κ3) is 2.56. The van der Waals surface area contributed by atoms with E-state index in [4.69, 9.17) is 0 Å². The lowest BCUT2D eigenvalue weighted by Crippen LogP contribution is -2.30. The van der Waals surface area contributed by atoms with Crippen LogP contribution in [-0.2, 0) is 14.6 Å². The van der Waals surface area contributed by atoms with Gasteiger partial charge in [-0.1, -0.05) is 32.0 Å². The van der Waals surface area contributed by atoms with Gasteiger partial charge in [0.15, 0.2) is 4.91 Å². The molecule has 0 radical (unpaired) electrons. The van der Waals surface area contributed by atoms with Gasteiger partial charge in [-0.05, 0) is 24.5 Å². The molecule has 1 atom stereocenters. The Bertz CT molecular complexity index is 647. The molecule has 0 aliphatic carbocycles. The van der Waals surface area contributed by atoms with E-state index < -0.39 is 26.7 Å². The Balaban J connectivity index is 2.45. The van der Waals surface area contributed by atoms with Crippen molar-refractivity contribution in [3.8, 4) is 0 Å². The van der Waals surface area contributed by atoms with E-state index in [1.54, 1.807) is 18.2 Å². The zero-order chi connectivity index (χ0) is 14.9. The number of sulfone groups is 1. The molecule has 0 fully saturated rings. The second kappa shape index (κ2) is 5.28. The summed E-state index contributed by atoms with van der Waals surface area (Å²) in [6.45, 7) is 3.87. The number of rotatable bonds is 4. The van der Waals surface area contributed by atoms with Crippen molar-refractivity contribution in [1.29, 1.82) is 0 Å². The van der Waals surface area contributed by atoms with Gasteiger partial charge in [-0.3, -0.25) is 4.79 Å². The zero-order valence-electron chi connectivity index (χ0n) is 11.3. The molecule has 2 N–H and O–H groups in total. The van der Waals surface area contributed by atoms with E-state index >= 15 is 0 Å². The van der Waals surface area contributed by atoms with Gasteiger partial charge in [-0.25, -0.2) is 8.42 Å². The highest BCUT2D eigenvalue weighted by molar-refractivity contribution is 7.96. The summed E-state index contributed by atoms with van der Waals surface area (Å²) in [6, 6.07) is 7.00. The minimum absolute atomic E-state index is 0.00176. The molecule has 6 heteroatoms. The zero-order valence-corrected chi connectivity index (χ0v) is 12.1. The normalized spacial score (nSPS) is 19.6. The number of carbonyl (C=O) groups is 1. The average molecular weight is 295 g/mol. The van der Waals surface area contributed by atoms with Crippen LogP contribution in [0.2, 0.25) is 0 Å². The Labute approximate surface area is 118 Å². The minimum Gasteiger partial charge on any atom is -0.509 e. The van der Waals surface area contributed by atoms with Gasteiger partial charge in [-0.2, -0.15) is 0 Å². The topological polar surface area (TPSA) is 83.5 Å². The van der Waals surface area contributed by atoms with E-state index in [9.17, 15) is 18.3 Å². The molecular formula is C14H17NO4S. The van der Waals surface area contributed by atoms with E-state index in [1.807, 2.05) is 13.8 Å². The Morgan fingerprint density at radius 2 is 1.85 bits per heavy atom. The molecule has 0 bridgehead atoms. The van der Waals surface area contributed by atoms with Crippen LogP contribution in [0.15, 0.2) is 45.9 Å². The number of amides is 1. The van der Waals surface area contributed by atoms with Crippen molar-refractivity contribution < 1.29 is 18.3 Å². The maximum Gasteiger partial charge on any atom is 0.267 e. The van der Waals surface area contributed by atoms with Crippen LogP contribution < -0.4 is 5.32 Å². The molecule has 1 aliphatic rings. The molecule has 1 aromatic carbocycles. The molecule has 1 heterocycles. The third-order valence-corrected chi connectivity index (χ3v) is 4.93. The van der Waals surface area contributed by atoms with Gasteiger partial charge in [-0.15, -0.1) is 0 Å². The van der Waals surface area contributed by atoms with Gasteiger partial charge in [0.2, 0.25) is 9.84 Å². The number of aliphatic hydroxyl groups is 1. The molecular weight excluding hydrogens is 278 g/mol. The molecule has 0 spiro atoms. The van der Waals surface area contributed by atoms with Crippen molar-refractivity contribution in [2.24, 2.45) is 5.92 Å². The highest BCUT2D eigenvalue weighted by Gasteiger charge is 2.40. The van der Waals surface area contributed by atoms with Crippen LogP contribution in [0, 0.1) is 5.92 Å². The van der Waals surface area contributed by atoms with E-state index in [-0.39, 0.29) is 16.6 Å². The number of hydrogen-bond donors (Lipinski definition) is 2. The molecule has 1 unspecified atom stereocenters. The van der Waals surface area contributed by atoms with E-state index in [0.29, 0.717) is 6.42 Å². The fraction of sp³-hybridized carbons (Fsp3) is 0.357. The maximum absolute atomic E-state index is 12.4. The number of benzene rings is 1. The fourth-order valence-corrected chi connectivity index (χ4v) is 3.66. The summed E-state index contributed by atoms with van der Waals surface area (Å²) in [4.78, 5) is 11.4. The van der Waals surface area contributed by atoms with Crippen LogP contribution in [-0.4, -0.2) is 25.5 Å². The number of hydrogen-bond acceptors (Lipinski definition) is 4. The summed E-state index contributed by atoms with van der Waals surface area (Å²) in [5.41, 5.74) is 0. The molecule has 1 aromatic rings. The molecule has 0 saturated carbocycles. The SMILES string of the molecule is CC(C)CC1NC(=O)C(S(=O)(=O)c2ccccc2)=C1O. The van der Waals surface area contributed by atoms with Crippen LogP contribution in [0.3, 0.4) is 0 Å². The first kappa shape index (κ1) is 14.6. The molecule has 1 amide bonds. The highest BCUT2D eigenvalue weighted by atomic mass is 32.2. The number of nitrogens with one attached hydrogen (secondary N) is 1. The van der Waals surface area contributed by atoms with Gasteiger partial charge < -0.3 is 10.4 Å². The predicted molar refractivity (Wildman–Crippen MR) is 74.7 cm³/mol. The first-order valence-corrected chi connectivity index (χ1v) is 7.86. The van der Waals surface area contributed by atoms with E-state index in [1.165, 1.54) is 12.1 Å². The van der Waals surface area contributed by atoms with Gasteiger partial charge in [0.05, 0.1) is 10.9 Å². The summed E-state index contributed by atoms with van der Waals surface area (Å²) in [7, 11) is -3.99. The van der Waals surface area contributed by atoms with Crippen molar-refractivity contribution in [2.45, 2.75) is 31.2 Å². The van der Waals surface area contributed by atoms with Crippen LogP contribution in [0.5, 0.6) is 0 Å². The van der Waals surface area contributed by atoms with Crippen molar-refractivity contribution in [3.63, 3.8) is 0 Å². The van der Waals surface area contributed by atoms with Crippen LogP contribution >= 0.6 is 0 Å². The monoisotopic (exact) mass is 295 g/mol. The molecule has 0 aromatic heterocycles. The Kier molecular flexibility index (Phi) is 3.85. The Hall–Kier alpha value is -1.82. The lowest BCUT2D eigenvalue weighted by molar-refractivity contribution is -0.116. The molecule has 0 saturated heterocycles. The summed E-state index contributed by atoms with van der Waals surface area (Å²) < 4.78 is 24.8. The summed E-state index contributed by atoms with van der Waals surface area (Å²) >= 11 is 0. The first-order valence-electron chi connectivity index (χ1n) is 6.38. The van der Waals surface area contributed by atoms with Crippen molar-refractivity contribution in [2.75, 3.05) is 0 Å². The summed E-state index contributed by atoms with van der Waals surface area (Å²) in [5, 5.41) is 12.6. The van der Waals surface area contributed by atoms with E-state index in [0.717, 1.165) is 0 Å². The standard InChI is InChI=1S/C14H17NO4S/c1-9(2)8-11-12(16)13(14(17)15-11)20(18,19)10-6-4-3-5-7-10/h3-7,9,11,16H,8H2,1-2H3,(H,15,17). The van der Waals surface area contributed by atoms with Crippen molar-refractivity contribution in [3.05, 3.63) is 41.0 Å². The van der Waals surface area contributed by atoms with Gasteiger partial charge in [0, 0.05) is 0 Å². The molecule has 1 aliphatic heterocycles. The molecule has 108 valence electrons. The Morgan fingerprint density at radius 3 is 2.40 bits per heavy atom. The minimum atomic E-state index is -3.99. The average Bonchev–Trinajstić information content (AvgIpc) is 2.65. The molecule has 5 nitrogen and oxygen atoms in total. The first-order chi connectivity index (χ1) is 9.34. The number of carbonyl (C=O) groups excluding carboxylic acids is 1. The van der Waals surface area contributed by atoms with Crippen molar-refractivity contribution >= 4 is 15.7 Å². The largest absolute Gasteiger partial charge is 0.509 e. The van der Waals surface area contributed by atoms with Gasteiger partial charge >= 0.3 is 0 Å². The highest BCUT2D eigenvalue weighted by Crippen LogP contribution is 2.28. The van der Waals surface area contributed by atoms with Gasteiger partial charge in [0.25, 0.3) is 5.91 Å². The van der Waals surface area contributed by atoms with Crippen LogP contribution in [0.1, 0.15) is 20.3 Å². The third-order valence-electron chi connectivity index (χ3n) is 3.10. The summed E-state index contributed by atoms with van der Waals surface area (Å²) in [5.74, 6) is -0.897. The molecule has 2 rings (SSSR count). The summed E-state index contributed by atoms with van der Waals surface area (Å²) in [6.07, 6.45) is 0.491.